The van der Waals surface area contributed by atoms with Gasteiger partial charge in [0.1, 0.15) is 0 Å². The Hall–Kier alpha value is -0.820. The summed E-state index contributed by atoms with van der Waals surface area (Å²) in [6.45, 7) is 4.45. The maximum absolute atomic E-state index is 3.63. The first-order valence-electron chi connectivity index (χ1n) is 5.58. The van der Waals surface area contributed by atoms with Crippen LogP contribution in [0.25, 0.3) is 0 Å². The van der Waals surface area contributed by atoms with Gasteiger partial charge in [-0.05, 0) is 24.3 Å². The van der Waals surface area contributed by atoms with Crippen molar-refractivity contribution in [3.63, 3.8) is 0 Å². The maximum Gasteiger partial charge on any atom is 0.0138 e. The van der Waals surface area contributed by atoms with Crippen LogP contribution in [0.2, 0.25) is 0 Å². The van der Waals surface area contributed by atoms with Crippen LogP contribution >= 0.6 is 0 Å². The third-order valence-corrected chi connectivity index (χ3v) is 3.05. The predicted octanol–water partition coefficient (Wildman–Crippen LogP) is 2.93. The van der Waals surface area contributed by atoms with Crippen LogP contribution in [0, 0.1) is 0 Å². The molecule has 1 aromatic rings. The lowest BCUT2D eigenvalue weighted by atomic mass is 9.75. The van der Waals surface area contributed by atoms with Crippen LogP contribution in [-0.4, -0.2) is 12.1 Å². The monoisotopic (exact) mass is 189 g/mol. The van der Waals surface area contributed by atoms with E-state index >= 15 is 0 Å². The van der Waals surface area contributed by atoms with E-state index in [0.29, 0.717) is 12.1 Å². The van der Waals surface area contributed by atoms with Crippen LogP contribution in [0.15, 0.2) is 30.3 Å². The number of hydrogen-bond donors (Lipinski definition) is 1. The molecule has 1 nitrogen and oxygen atoms in total. The SMILES string of the molecule is CC(C)N[C@@H]1CCC1c1ccccc1. The van der Waals surface area contributed by atoms with Gasteiger partial charge >= 0.3 is 0 Å². The summed E-state index contributed by atoms with van der Waals surface area (Å²) in [5.41, 5.74) is 1.50. The molecular formula is C13H19N. The highest BCUT2D eigenvalue weighted by Gasteiger charge is 2.31. The number of nitrogens with one attached hydrogen (secondary N) is 1. The first kappa shape index (κ1) is 9.72. The van der Waals surface area contributed by atoms with E-state index in [0.717, 1.165) is 5.92 Å². The van der Waals surface area contributed by atoms with Crippen LogP contribution in [0.3, 0.4) is 0 Å². The van der Waals surface area contributed by atoms with Gasteiger partial charge in [-0.3, -0.25) is 0 Å². The Balaban J connectivity index is 2.00. The zero-order chi connectivity index (χ0) is 9.97. The summed E-state index contributed by atoms with van der Waals surface area (Å²) in [5.74, 6) is 0.749. The quantitative estimate of drug-likeness (QED) is 0.771. The van der Waals surface area contributed by atoms with Gasteiger partial charge in [0.2, 0.25) is 0 Å². The van der Waals surface area contributed by atoms with Crippen LogP contribution in [-0.2, 0) is 0 Å². The molecule has 14 heavy (non-hydrogen) atoms. The molecule has 76 valence electrons. The molecule has 1 aromatic carbocycles. The highest BCUT2D eigenvalue weighted by molar-refractivity contribution is 5.24. The van der Waals surface area contributed by atoms with Gasteiger partial charge in [0.25, 0.3) is 0 Å². The minimum atomic E-state index is 0.603. The normalized spacial score (nSPS) is 26.2. The van der Waals surface area contributed by atoms with E-state index in [4.69, 9.17) is 0 Å². The topological polar surface area (TPSA) is 12.0 Å². The Kier molecular flexibility index (Phi) is 2.87. The van der Waals surface area contributed by atoms with Gasteiger partial charge in [0.15, 0.2) is 0 Å². The smallest absolute Gasteiger partial charge is 0.0138 e. The molecular weight excluding hydrogens is 170 g/mol. The van der Waals surface area contributed by atoms with E-state index in [1.165, 1.54) is 18.4 Å². The Bertz CT molecular complexity index is 279. The lowest BCUT2D eigenvalue weighted by Crippen LogP contribution is -2.45. The Morgan fingerprint density at radius 1 is 1.14 bits per heavy atom. The van der Waals surface area contributed by atoms with Crippen molar-refractivity contribution in [2.75, 3.05) is 0 Å². The van der Waals surface area contributed by atoms with Crippen molar-refractivity contribution in [2.24, 2.45) is 0 Å². The van der Waals surface area contributed by atoms with Crippen LogP contribution < -0.4 is 5.32 Å². The van der Waals surface area contributed by atoms with Crippen molar-refractivity contribution in [2.45, 2.75) is 44.7 Å². The van der Waals surface area contributed by atoms with Crippen molar-refractivity contribution < 1.29 is 0 Å². The molecule has 0 aliphatic heterocycles. The molecule has 1 heteroatoms. The lowest BCUT2D eigenvalue weighted by molar-refractivity contribution is 0.268. The molecule has 1 unspecified atom stereocenters. The number of hydrogen-bond acceptors (Lipinski definition) is 1. The molecule has 2 rings (SSSR count). The molecule has 0 aromatic heterocycles. The summed E-state index contributed by atoms with van der Waals surface area (Å²) in [5, 5.41) is 3.63. The number of benzene rings is 1. The molecule has 2 atom stereocenters. The summed E-state index contributed by atoms with van der Waals surface area (Å²) in [6.07, 6.45) is 2.67. The van der Waals surface area contributed by atoms with E-state index in [1.807, 2.05) is 0 Å². The van der Waals surface area contributed by atoms with Crippen LogP contribution in [0.4, 0.5) is 0 Å². The second kappa shape index (κ2) is 4.14. The summed E-state index contributed by atoms with van der Waals surface area (Å²) in [7, 11) is 0. The second-order valence-corrected chi connectivity index (χ2v) is 4.52. The second-order valence-electron chi connectivity index (χ2n) is 4.52. The molecule has 0 heterocycles. The molecule has 1 aliphatic rings. The molecule has 0 saturated heterocycles. The Morgan fingerprint density at radius 2 is 1.86 bits per heavy atom. The van der Waals surface area contributed by atoms with Gasteiger partial charge in [-0.2, -0.15) is 0 Å². The van der Waals surface area contributed by atoms with E-state index in [1.54, 1.807) is 0 Å². The molecule has 1 saturated carbocycles. The number of rotatable bonds is 3. The summed E-state index contributed by atoms with van der Waals surface area (Å²) >= 11 is 0. The molecule has 0 spiro atoms. The van der Waals surface area contributed by atoms with E-state index in [-0.39, 0.29) is 0 Å². The fraction of sp³-hybridized carbons (Fsp3) is 0.538. The van der Waals surface area contributed by atoms with Crippen molar-refractivity contribution in [3.8, 4) is 0 Å². The van der Waals surface area contributed by atoms with Gasteiger partial charge in [0, 0.05) is 12.1 Å². The standard InChI is InChI=1S/C13H19N/c1-10(2)14-13-9-8-12(13)11-6-4-3-5-7-11/h3-7,10,12-14H,8-9H2,1-2H3/t12?,13-/m1/s1. The molecule has 0 amide bonds. The first-order chi connectivity index (χ1) is 6.77. The Morgan fingerprint density at radius 3 is 2.36 bits per heavy atom. The van der Waals surface area contributed by atoms with Crippen LogP contribution in [0.1, 0.15) is 38.2 Å². The largest absolute Gasteiger partial charge is 0.311 e. The van der Waals surface area contributed by atoms with Crippen LogP contribution in [0.5, 0.6) is 0 Å². The molecule has 1 fully saturated rings. The fourth-order valence-electron chi connectivity index (χ4n) is 2.23. The highest BCUT2D eigenvalue weighted by Crippen LogP contribution is 2.36. The van der Waals surface area contributed by atoms with E-state index in [2.05, 4.69) is 49.5 Å². The third-order valence-electron chi connectivity index (χ3n) is 3.05. The molecule has 1 aliphatic carbocycles. The average Bonchev–Trinajstić information content (AvgIpc) is 2.14. The van der Waals surface area contributed by atoms with E-state index in [9.17, 15) is 0 Å². The van der Waals surface area contributed by atoms with Gasteiger partial charge in [0.05, 0.1) is 0 Å². The average molecular weight is 189 g/mol. The maximum atomic E-state index is 3.63. The first-order valence-corrected chi connectivity index (χ1v) is 5.58. The summed E-state index contributed by atoms with van der Waals surface area (Å²) in [6, 6.07) is 12.2. The van der Waals surface area contributed by atoms with E-state index < -0.39 is 0 Å². The minimum Gasteiger partial charge on any atom is -0.311 e. The molecule has 1 N–H and O–H groups in total. The predicted molar refractivity (Wildman–Crippen MR) is 60.5 cm³/mol. The lowest BCUT2D eigenvalue weighted by Gasteiger charge is -2.39. The summed E-state index contributed by atoms with van der Waals surface area (Å²) in [4.78, 5) is 0. The fourth-order valence-corrected chi connectivity index (χ4v) is 2.23. The minimum absolute atomic E-state index is 0.603. The van der Waals surface area contributed by atoms with Crippen molar-refractivity contribution in [3.05, 3.63) is 35.9 Å². The summed E-state index contributed by atoms with van der Waals surface area (Å²) < 4.78 is 0. The van der Waals surface area contributed by atoms with Gasteiger partial charge in [-0.25, -0.2) is 0 Å². The van der Waals surface area contributed by atoms with Gasteiger partial charge < -0.3 is 5.32 Å². The molecule has 0 radical (unpaired) electrons. The van der Waals surface area contributed by atoms with Crippen molar-refractivity contribution >= 4 is 0 Å². The van der Waals surface area contributed by atoms with Crippen molar-refractivity contribution in [1.82, 2.24) is 5.32 Å². The molecule has 0 bridgehead atoms. The zero-order valence-corrected chi connectivity index (χ0v) is 9.03. The van der Waals surface area contributed by atoms with Crippen molar-refractivity contribution in [1.29, 1.82) is 0 Å². The van der Waals surface area contributed by atoms with Gasteiger partial charge in [-0.1, -0.05) is 44.2 Å². The zero-order valence-electron chi connectivity index (χ0n) is 9.03. The highest BCUT2D eigenvalue weighted by atomic mass is 15.0. The van der Waals surface area contributed by atoms with Gasteiger partial charge in [-0.15, -0.1) is 0 Å². The third kappa shape index (κ3) is 1.98. The Labute approximate surface area is 86.5 Å².